The quantitative estimate of drug-likeness (QED) is 0.451. The first-order chi connectivity index (χ1) is 9.71. The summed E-state index contributed by atoms with van der Waals surface area (Å²) >= 11 is 0. The van der Waals surface area contributed by atoms with E-state index in [-0.39, 0.29) is 6.04 Å². The van der Waals surface area contributed by atoms with E-state index in [1.54, 1.807) is 7.11 Å². The summed E-state index contributed by atoms with van der Waals surface area (Å²) in [5.41, 5.74) is 0. The molecule has 0 aromatic rings. The first-order valence-electron chi connectivity index (χ1n) is 8.46. The number of hydrogen-bond donors (Lipinski definition) is 0. The number of unbranched alkanes of at least 4 members (excludes halogenated alkanes) is 6. The second kappa shape index (κ2) is 13.6. The Kier molecular flexibility index (Phi) is 13.3. The van der Waals surface area contributed by atoms with Crippen LogP contribution >= 0.6 is 0 Å². The molecule has 0 bridgehead atoms. The normalized spacial score (nSPS) is 12.8. The number of ether oxygens (including phenoxy) is 1. The van der Waals surface area contributed by atoms with E-state index < -0.39 is 0 Å². The lowest BCUT2D eigenvalue weighted by Crippen LogP contribution is -2.44. The van der Waals surface area contributed by atoms with Crippen molar-refractivity contribution in [3.8, 4) is 0 Å². The first kappa shape index (κ1) is 19.6. The molecule has 0 aliphatic rings. The van der Waals surface area contributed by atoms with Gasteiger partial charge < -0.3 is 4.74 Å². The Labute approximate surface area is 126 Å². The Balaban J connectivity index is 3.89. The summed E-state index contributed by atoms with van der Waals surface area (Å²) in [4.78, 5) is 14.5. The fourth-order valence-electron chi connectivity index (χ4n) is 2.65. The van der Waals surface area contributed by atoms with Gasteiger partial charge >= 0.3 is 0 Å². The second-order valence-corrected chi connectivity index (χ2v) is 5.53. The molecule has 0 radical (unpaired) electrons. The Morgan fingerprint density at radius 1 is 0.950 bits per heavy atom. The molecule has 3 nitrogen and oxygen atoms in total. The summed E-state index contributed by atoms with van der Waals surface area (Å²) in [6.07, 6.45) is 9.50. The summed E-state index contributed by atoms with van der Waals surface area (Å²) in [5.74, 6) is 0.351. The monoisotopic (exact) mass is 285 g/mol. The van der Waals surface area contributed by atoms with Gasteiger partial charge in [-0.15, -0.1) is 0 Å². The molecule has 0 aliphatic heterocycles. The highest BCUT2D eigenvalue weighted by Crippen LogP contribution is 2.11. The maximum atomic E-state index is 12.3. The van der Waals surface area contributed by atoms with Gasteiger partial charge in [-0.25, -0.2) is 0 Å². The lowest BCUT2D eigenvalue weighted by atomic mass is 10.0. The molecule has 0 aromatic carbocycles. The number of likely N-dealkylation sites (N-methyl/N-ethyl adjacent to an activating group) is 1. The van der Waals surface area contributed by atoms with E-state index in [1.165, 1.54) is 38.5 Å². The van der Waals surface area contributed by atoms with Gasteiger partial charge in [0.15, 0.2) is 5.78 Å². The highest BCUT2D eigenvalue weighted by Gasteiger charge is 2.22. The van der Waals surface area contributed by atoms with E-state index >= 15 is 0 Å². The van der Waals surface area contributed by atoms with Crippen LogP contribution < -0.4 is 0 Å². The number of rotatable bonds is 14. The van der Waals surface area contributed by atoms with Crippen molar-refractivity contribution in [1.82, 2.24) is 4.90 Å². The van der Waals surface area contributed by atoms with Crippen LogP contribution in [0.1, 0.15) is 72.1 Å². The molecule has 0 fully saturated rings. The minimum absolute atomic E-state index is 0.0462. The standard InChI is InChI=1S/C17H35NO2/c1-5-8-9-10-11-12-13-14-17(19)16(15-20-4)18(6-2)7-3/h16H,5-15H2,1-4H3/t16-/m0/s1. The predicted octanol–water partition coefficient (Wildman–Crippen LogP) is 4.05. The molecule has 0 unspecified atom stereocenters. The molecule has 120 valence electrons. The molecule has 0 N–H and O–H groups in total. The van der Waals surface area contributed by atoms with Crippen LogP contribution in [-0.4, -0.2) is 43.5 Å². The minimum atomic E-state index is -0.0462. The van der Waals surface area contributed by atoms with Crippen LogP contribution in [0.5, 0.6) is 0 Å². The van der Waals surface area contributed by atoms with Gasteiger partial charge in [-0.2, -0.15) is 0 Å². The maximum absolute atomic E-state index is 12.3. The Hall–Kier alpha value is -0.410. The van der Waals surface area contributed by atoms with Gasteiger partial charge in [-0.1, -0.05) is 59.3 Å². The van der Waals surface area contributed by atoms with Gasteiger partial charge in [0, 0.05) is 13.5 Å². The lowest BCUT2D eigenvalue weighted by Gasteiger charge is -2.27. The maximum Gasteiger partial charge on any atom is 0.152 e. The first-order valence-corrected chi connectivity index (χ1v) is 8.46. The van der Waals surface area contributed by atoms with Crippen molar-refractivity contribution in [1.29, 1.82) is 0 Å². The molecule has 3 heteroatoms. The number of nitrogens with zero attached hydrogens (tertiary/aromatic N) is 1. The van der Waals surface area contributed by atoms with Crippen LogP contribution in [-0.2, 0) is 9.53 Å². The number of hydrogen-bond acceptors (Lipinski definition) is 3. The van der Waals surface area contributed by atoms with Crippen molar-refractivity contribution in [2.24, 2.45) is 0 Å². The van der Waals surface area contributed by atoms with Gasteiger partial charge in [0.05, 0.1) is 12.6 Å². The van der Waals surface area contributed by atoms with Crippen LogP contribution in [0, 0.1) is 0 Å². The summed E-state index contributed by atoms with van der Waals surface area (Å²) in [6.45, 7) is 8.79. The van der Waals surface area contributed by atoms with E-state index in [0.29, 0.717) is 18.8 Å². The van der Waals surface area contributed by atoms with Gasteiger partial charge in [-0.3, -0.25) is 9.69 Å². The van der Waals surface area contributed by atoms with Crippen molar-refractivity contribution in [3.05, 3.63) is 0 Å². The summed E-state index contributed by atoms with van der Waals surface area (Å²) < 4.78 is 5.22. The molecule has 1 atom stereocenters. The smallest absolute Gasteiger partial charge is 0.152 e. The third-order valence-corrected chi connectivity index (χ3v) is 3.98. The number of ketones is 1. The fraction of sp³-hybridized carbons (Fsp3) is 0.941. The topological polar surface area (TPSA) is 29.5 Å². The van der Waals surface area contributed by atoms with E-state index in [9.17, 15) is 4.79 Å². The number of Topliss-reactive ketones (excluding diaryl/α,β-unsaturated/α-hetero) is 1. The van der Waals surface area contributed by atoms with Crippen molar-refractivity contribution in [2.75, 3.05) is 26.8 Å². The van der Waals surface area contributed by atoms with Crippen LogP contribution in [0.25, 0.3) is 0 Å². The summed E-state index contributed by atoms with van der Waals surface area (Å²) in [7, 11) is 1.68. The van der Waals surface area contributed by atoms with Crippen LogP contribution in [0.15, 0.2) is 0 Å². The summed E-state index contributed by atoms with van der Waals surface area (Å²) in [6, 6.07) is -0.0462. The van der Waals surface area contributed by atoms with Gasteiger partial charge in [0.2, 0.25) is 0 Å². The molecule has 0 aromatic heterocycles. The van der Waals surface area contributed by atoms with Crippen LogP contribution in [0.4, 0.5) is 0 Å². The average molecular weight is 285 g/mol. The molecule has 0 amide bonds. The predicted molar refractivity (Wildman–Crippen MR) is 86.2 cm³/mol. The van der Waals surface area contributed by atoms with E-state index in [4.69, 9.17) is 4.74 Å². The zero-order valence-electron chi connectivity index (χ0n) is 14.1. The largest absolute Gasteiger partial charge is 0.383 e. The number of carbonyl (C=O) groups is 1. The second-order valence-electron chi connectivity index (χ2n) is 5.53. The molecule has 20 heavy (non-hydrogen) atoms. The Morgan fingerprint density at radius 3 is 2.00 bits per heavy atom. The molecule has 0 heterocycles. The SMILES string of the molecule is CCCCCCCCCC(=O)[C@H](COC)N(CC)CC. The third kappa shape index (κ3) is 8.70. The van der Waals surface area contributed by atoms with Crippen LogP contribution in [0.3, 0.4) is 0 Å². The lowest BCUT2D eigenvalue weighted by molar-refractivity contribution is -0.126. The van der Waals surface area contributed by atoms with E-state index in [1.807, 2.05) is 0 Å². The van der Waals surface area contributed by atoms with Crippen molar-refractivity contribution in [3.63, 3.8) is 0 Å². The van der Waals surface area contributed by atoms with Crippen LogP contribution in [0.2, 0.25) is 0 Å². The van der Waals surface area contributed by atoms with Crippen molar-refractivity contribution < 1.29 is 9.53 Å². The molecule has 0 spiro atoms. The van der Waals surface area contributed by atoms with Gasteiger partial charge in [-0.05, 0) is 19.5 Å². The Morgan fingerprint density at radius 2 is 1.50 bits per heavy atom. The zero-order chi connectivity index (χ0) is 15.2. The molecule has 0 aliphatic carbocycles. The average Bonchev–Trinajstić information content (AvgIpc) is 2.46. The van der Waals surface area contributed by atoms with Gasteiger partial charge in [0.1, 0.15) is 0 Å². The molecular formula is C17H35NO2. The Bertz CT molecular complexity index is 227. The van der Waals surface area contributed by atoms with Crippen molar-refractivity contribution >= 4 is 5.78 Å². The van der Waals surface area contributed by atoms with Gasteiger partial charge in [0.25, 0.3) is 0 Å². The zero-order valence-corrected chi connectivity index (χ0v) is 14.1. The molecular weight excluding hydrogens is 250 g/mol. The minimum Gasteiger partial charge on any atom is -0.383 e. The molecule has 0 rings (SSSR count). The van der Waals surface area contributed by atoms with Crippen molar-refractivity contribution in [2.45, 2.75) is 78.2 Å². The molecule has 0 saturated carbocycles. The highest BCUT2D eigenvalue weighted by atomic mass is 16.5. The van der Waals surface area contributed by atoms with E-state index in [2.05, 4.69) is 25.7 Å². The van der Waals surface area contributed by atoms with E-state index in [0.717, 1.165) is 19.5 Å². The third-order valence-electron chi connectivity index (χ3n) is 3.98. The number of methoxy groups -OCH3 is 1. The molecule has 0 saturated heterocycles. The fourth-order valence-corrected chi connectivity index (χ4v) is 2.65. The number of carbonyl (C=O) groups excluding carboxylic acids is 1. The summed E-state index contributed by atoms with van der Waals surface area (Å²) in [5, 5.41) is 0. The highest BCUT2D eigenvalue weighted by molar-refractivity contribution is 5.84.